The van der Waals surface area contributed by atoms with Gasteiger partial charge in [-0.05, 0) is 115 Å². The normalized spacial score (nSPS) is 24.3. The van der Waals surface area contributed by atoms with Gasteiger partial charge in [0, 0.05) is 66.8 Å². The van der Waals surface area contributed by atoms with E-state index in [0.717, 1.165) is 76.2 Å². The first-order valence-electron chi connectivity index (χ1n) is 17.4. The van der Waals surface area contributed by atoms with Gasteiger partial charge in [0.05, 0.1) is 12.2 Å². The SMILES string of the molecule is C[C@@H]1CC[C@H](C)N1c1nc(-c2ccc(NC(=O)Nc3ccc(C(=O)N4CCC(N(C)C)CC4)cc3)cc2)nc(N2CC3CCC(C2)O3)n1. The van der Waals surface area contributed by atoms with Crippen LogP contribution in [0.5, 0.6) is 0 Å². The molecule has 254 valence electrons. The fourth-order valence-electron chi connectivity index (χ4n) is 7.57. The number of benzene rings is 2. The average molecular weight is 654 g/mol. The zero-order valence-corrected chi connectivity index (χ0v) is 28.4. The predicted molar refractivity (Wildman–Crippen MR) is 188 cm³/mol. The Kier molecular flexibility index (Phi) is 9.19. The summed E-state index contributed by atoms with van der Waals surface area (Å²) in [5.41, 5.74) is 2.73. The molecular weight excluding hydrogens is 606 g/mol. The van der Waals surface area contributed by atoms with Crippen LogP contribution in [0.25, 0.3) is 11.4 Å². The van der Waals surface area contributed by atoms with E-state index >= 15 is 0 Å². The third kappa shape index (κ3) is 6.95. The Balaban J connectivity index is 1.00. The third-order valence-corrected chi connectivity index (χ3v) is 10.4. The van der Waals surface area contributed by atoms with E-state index in [1.165, 1.54) is 0 Å². The van der Waals surface area contributed by atoms with Gasteiger partial charge in [-0.25, -0.2) is 4.79 Å². The van der Waals surface area contributed by atoms with Crippen LogP contribution < -0.4 is 20.4 Å². The van der Waals surface area contributed by atoms with Gasteiger partial charge in [0.1, 0.15) is 0 Å². The van der Waals surface area contributed by atoms with E-state index in [0.29, 0.717) is 46.8 Å². The zero-order chi connectivity index (χ0) is 33.4. The molecule has 0 saturated carbocycles. The highest BCUT2D eigenvalue weighted by Crippen LogP contribution is 2.33. The summed E-state index contributed by atoms with van der Waals surface area (Å²) in [5.74, 6) is 2.06. The number of likely N-dealkylation sites (tertiary alicyclic amines) is 1. The molecule has 48 heavy (non-hydrogen) atoms. The van der Waals surface area contributed by atoms with E-state index in [4.69, 9.17) is 19.7 Å². The standard InChI is InChI=1S/C36H47N9O3/c1-23-5-6-24(2)45(23)35-40-32(39-34(41-35)44-21-30-15-16-31(22-44)48-30)25-7-11-27(12-8-25)37-36(47)38-28-13-9-26(10-14-28)33(46)43-19-17-29(18-20-43)42(3)4/h7-14,23-24,29-31H,5-6,15-22H2,1-4H3,(H2,37,38,47)/t23-,24+,30?,31?. The lowest BCUT2D eigenvalue weighted by Crippen LogP contribution is -2.44. The van der Waals surface area contributed by atoms with Gasteiger partial charge < -0.3 is 35.0 Å². The van der Waals surface area contributed by atoms with Gasteiger partial charge in [-0.15, -0.1) is 0 Å². The third-order valence-electron chi connectivity index (χ3n) is 10.4. The number of anilines is 4. The smallest absolute Gasteiger partial charge is 0.323 e. The number of hydrogen-bond acceptors (Lipinski definition) is 9. The van der Waals surface area contributed by atoms with Crippen LogP contribution in [-0.2, 0) is 4.74 Å². The maximum absolute atomic E-state index is 13.0. The minimum Gasteiger partial charge on any atom is -0.371 e. The molecule has 2 bridgehead atoms. The van der Waals surface area contributed by atoms with E-state index in [9.17, 15) is 9.59 Å². The van der Waals surface area contributed by atoms with Crippen molar-refractivity contribution in [1.82, 2.24) is 24.8 Å². The Morgan fingerprint density at radius 3 is 1.90 bits per heavy atom. The second-order valence-corrected chi connectivity index (χ2v) is 14.0. The molecule has 12 nitrogen and oxygen atoms in total. The van der Waals surface area contributed by atoms with Gasteiger partial charge in [-0.1, -0.05) is 0 Å². The number of urea groups is 1. The van der Waals surface area contributed by atoms with Gasteiger partial charge >= 0.3 is 6.03 Å². The molecule has 1 aromatic heterocycles. The molecule has 0 spiro atoms. The molecule has 4 aliphatic rings. The minimum absolute atomic E-state index is 0.0298. The average Bonchev–Trinajstić information content (AvgIpc) is 3.62. The minimum atomic E-state index is -0.365. The molecule has 4 aliphatic heterocycles. The van der Waals surface area contributed by atoms with Crippen molar-refractivity contribution in [2.75, 3.05) is 60.7 Å². The van der Waals surface area contributed by atoms with E-state index in [-0.39, 0.29) is 24.1 Å². The number of nitrogens with one attached hydrogen (secondary N) is 2. The maximum Gasteiger partial charge on any atom is 0.323 e. The molecule has 4 fully saturated rings. The van der Waals surface area contributed by atoms with Crippen molar-refractivity contribution >= 4 is 35.2 Å². The summed E-state index contributed by atoms with van der Waals surface area (Å²) in [6.07, 6.45) is 6.79. The largest absolute Gasteiger partial charge is 0.371 e. The van der Waals surface area contributed by atoms with E-state index < -0.39 is 0 Å². The maximum atomic E-state index is 13.0. The van der Waals surface area contributed by atoms with Crippen LogP contribution in [0.3, 0.4) is 0 Å². The summed E-state index contributed by atoms with van der Waals surface area (Å²) >= 11 is 0. The molecule has 4 saturated heterocycles. The summed E-state index contributed by atoms with van der Waals surface area (Å²) in [6.45, 7) is 7.55. The number of nitrogens with zero attached hydrogens (tertiary/aromatic N) is 7. The second kappa shape index (κ2) is 13.7. The van der Waals surface area contributed by atoms with Crippen molar-refractivity contribution in [2.45, 2.75) is 82.7 Å². The van der Waals surface area contributed by atoms with Crippen LogP contribution >= 0.6 is 0 Å². The number of amides is 3. The molecule has 0 aliphatic carbocycles. The van der Waals surface area contributed by atoms with Gasteiger partial charge in [0.2, 0.25) is 11.9 Å². The molecule has 5 heterocycles. The van der Waals surface area contributed by atoms with Crippen LogP contribution in [0.4, 0.5) is 28.1 Å². The van der Waals surface area contributed by atoms with E-state index in [2.05, 4.69) is 53.3 Å². The van der Waals surface area contributed by atoms with Crippen LogP contribution in [0.15, 0.2) is 48.5 Å². The highest BCUT2D eigenvalue weighted by Gasteiger charge is 2.36. The second-order valence-electron chi connectivity index (χ2n) is 14.0. The fraction of sp³-hybridized carbons (Fsp3) is 0.528. The first kappa shape index (κ1) is 32.3. The van der Waals surface area contributed by atoms with Crippen LogP contribution in [0.2, 0.25) is 0 Å². The van der Waals surface area contributed by atoms with Gasteiger partial charge in [-0.2, -0.15) is 15.0 Å². The summed E-state index contributed by atoms with van der Waals surface area (Å²) in [6, 6.07) is 15.5. The monoisotopic (exact) mass is 653 g/mol. The summed E-state index contributed by atoms with van der Waals surface area (Å²) < 4.78 is 6.08. The van der Waals surface area contributed by atoms with Crippen molar-refractivity contribution < 1.29 is 14.3 Å². The first-order valence-corrected chi connectivity index (χ1v) is 17.4. The lowest BCUT2D eigenvalue weighted by Gasteiger charge is -2.35. The van der Waals surface area contributed by atoms with E-state index in [1.54, 1.807) is 24.3 Å². The Morgan fingerprint density at radius 2 is 1.31 bits per heavy atom. The number of morpholine rings is 1. The first-order chi connectivity index (χ1) is 23.2. The summed E-state index contributed by atoms with van der Waals surface area (Å²) in [5, 5.41) is 5.78. The Morgan fingerprint density at radius 1 is 0.750 bits per heavy atom. The van der Waals surface area contributed by atoms with Gasteiger partial charge in [0.25, 0.3) is 5.91 Å². The van der Waals surface area contributed by atoms with Crippen molar-refractivity contribution in [1.29, 1.82) is 0 Å². The van der Waals surface area contributed by atoms with Crippen LogP contribution in [0, 0.1) is 0 Å². The Hall–Kier alpha value is -4.29. The number of rotatable bonds is 7. The lowest BCUT2D eigenvalue weighted by molar-refractivity contribution is 0.0299. The van der Waals surface area contributed by atoms with Crippen LogP contribution in [0.1, 0.15) is 62.7 Å². The molecule has 12 heteroatoms. The van der Waals surface area contributed by atoms with Crippen molar-refractivity contribution in [3.63, 3.8) is 0 Å². The predicted octanol–water partition coefficient (Wildman–Crippen LogP) is 5.09. The molecule has 4 atom stereocenters. The number of piperidine rings is 1. The topological polar surface area (TPSA) is 119 Å². The highest BCUT2D eigenvalue weighted by atomic mass is 16.5. The number of ether oxygens (including phenoxy) is 1. The molecule has 2 N–H and O–H groups in total. The van der Waals surface area contributed by atoms with Gasteiger partial charge in [-0.3, -0.25) is 4.79 Å². The molecule has 3 amide bonds. The zero-order valence-electron chi connectivity index (χ0n) is 28.4. The molecule has 3 aromatic rings. The highest BCUT2D eigenvalue weighted by molar-refractivity contribution is 6.00. The fourth-order valence-corrected chi connectivity index (χ4v) is 7.57. The van der Waals surface area contributed by atoms with Crippen molar-refractivity contribution in [3.05, 3.63) is 54.1 Å². The van der Waals surface area contributed by atoms with Crippen LogP contribution in [-0.4, -0.2) is 107 Å². The Bertz CT molecular complexity index is 1590. The molecule has 2 aromatic carbocycles. The number of fused-ring (bicyclic) bond motifs is 2. The molecular formula is C36H47N9O3. The number of carbonyl (C=O) groups is 2. The molecule has 2 unspecified atom stereocenters. The summed E-state index contributed by atoms with van der Waals surface area (Å²) in [7, 11) is 4.18. The lowest BCUT2D eigenvalue weighted by atomic mass is 10.0. The van der Waals surface area contributed by atoms with Crippen molar-refractivity contribution in [3.8, 4) is 11.4 Å². The number of aromatic nitrogens is 3. The van der Waals surface area contributed by atoms with Crippen molar-refractivity contribution in [2.24, 2.45) is 0 Å². The molecule has 7 rings (SSSR count). The number of hydrogen-bond donors (Lipinski definition) is 2. The van der Waals surface area contributed by atoms with E-state index in [1.807, 2.05) is 29.2 Å². The molecule has 0 radical (unpaired) electrons. The Labute approximate surface area is 282 Å². The van der Waals surface area contributed by atoms with Gasteiger partial charge in [0.15, 0.2) is 5.82 Å². The summed E-state index contributed by atoms with van der Waals surface area (Å²) in [4.78, 5) is 49.5. The quantitative estimate of drug-likeness (QED) is 0.359. The number of carbonyl (C=O) groups excluding carboxylic acids is 2.